The predicted molar refractivity (Wildman–Crippen MR) is 124 cm³/mol. The molecule has 0 fully saturated rings. The highest BCUT2D eigenvalue weighted by atomic mass is 32.2. The Hall–Kier alpha value is -3.00. The smallest absolute Gasteiger partial charge is 0.117 e. The molecule has 0 heterocycles. The molecule has 0 radical (unpaired) electrons. The fourth-order valence-electron chi connectivity index (χ4n) is 3.22. The van der Waals surface area contributed by atoms with Gasteiger partial charge in [0.25, 0.3) is 0 Å². The third-order valence-electron chi connectivity index (χ3n) is 5.15. The van der Waals surface area contributed by atoms with E-state index < -0.39 is 6.10 Å². The lowest BCUT2D eigenvalue weighted by molar-refractivity contribution is 0.0912. The van der Waals surface area contributed by atoms with Crippen molar-refractivity contribution in [1.29, 1.82) is 5.26 Å². The van der Waals surface area contributed by atoms with Crippen LogP contribution in [0.15, 0.2) is 108 Å². The normalized spacial score (nSPS) is 14.4. The molecule has 3 atom stereocenters. The van der Waals surface area contributed by atoms with Gasteiger partial charge in [-0.2, -0.15) is 5.26 Å². The van der Waals surface area contributed by atoms with E-state index in [2.05, 4.69) is 30.3 Å². The van der Waals surface area contributed by atoms with Crippen LogP contribution in [0.3, 0.4) is 0 Å². The van der Waals surface area contributed by atoms with Gasteiger partial charge < -0.3 is 10.0 Å². The van der Waals surface area contributed by atoms with E-state index in [4.69, 9.17) is 0 Å². The molecule has 0 amide bonds. The van der Waals surface area contributed by atoms with Crippen LogP contribution in [0.5, 0.6) is 0 Å². The first-order valence-electron chi connectivity index (χ1n) is 9.94. The Morgan fingerprint density at radius 3 is 1.93 bits per heavy atom. The summed E-state index contributed by atoms with van der Waals surface area (Å²) in [7, 11) is 1.86. The molecule has 0 aromatic heterocycles. The number of aliphatic hydroxyl groups excluding tert-OH is 1. The van der Waals surface area contributed by atoms with Crippen LogP contribution in [0.4, 0.5) is 0 Å². The highest BCUT2D eigenvalue weighted by Crippen LogP contribution is 2.37. The molecular weight excluding hydrogens is 388 g/mol. The standard InChI is InChI=1S/C26H26N2OS/c1-20(26(29)22-14-8-4-9-15-22)28(2)23(19-27)18-25(21-12-6-3-7-13-21)30-24-16-10-5-11-17-24/h3-18,20,25-26,29H,1-2H3/b23-18-/t20-,25+,26-/m0/s1. The zero-order valence-corrected chi connectivity index (χ0v) is 18.0. The molecule has 3 nitrogen and oxygen atoms in total. The number of benzene rings is 3. The van der Waals surface area contributed by atoms with Crippen molar-refractivity contribution in [3.63, 3.8) is 0 Å². The number of thioether (sulfide) groups is 1. The van der Waals surface area contributed by atoms with Crippen LogP contribution in [0, 0.1) is 11.3 Å². The number of hydrogen-bond donors (Lipinski definition) is 1. The number of rotatable bonds is 8. The van der Waals surface area contributed by atoms with Crippen LogP contribution in [0.1, 0.15) is 29.4 Å². The van der Waals surface area contributed by atoms with Crippen LogP contribution in [0.2, 0.25) is 0 Å². The molecule has 0 aliphatic rings. The third-order valence-corrected chi connectivity index (χ3v) is 6.35. The lowest BCUT2D eigenvalue weighted by Gasteiger charge is -2.31. The van der Waals surface area contributed by atoms with Gasteiger partial charge in [-0.1, -0.05) is 78.9 Å². The molecule has 0 saturated carbocycles. The lowest BCUT2D eigenvalue weighted by Crippen LogP contribution is -2.33. The van der Waals surface area contributed by atoms with Crippen molar-refractivity contribution in [3.8, 4) is 6.07 Å². The van der Waals surface area contributed by atoms with Crippen molar-refractivity contribution >= 4 is 11.8 Å². The van der Waals surface area contributed by atoms with Crippen molar-refractivity contribution < 1.29 is 5.11 Å². The molecular formula is C26H26N2OS. The van der Waals surface area contributed by atoms with Gasteiger partial charge in [0.15, 0.2) is 0 Å². The van der Waals surface area contributed by atoms with E-state index in [1.54, 1.807) is 11.8 Å². The SMILES string of the molecule is C[C@@H]([C@H](O)c1ccccc1)N(C)/C(C#N)=C\[C@@H](Sc1ccccc1)c1ccccc1. The lowest BCUT2D eigenvalue weighted by atomic mass is 10.0. The monoisotopic (exact) mass is 414 g/mol. The number of hydrogen-bond acceptors (Lipinski definition) is 4. The summed E-state index contributed by atoms with van der Waals surface area (Å²) >= 11 is 1.70. The second-order valence-electron chi connectivity index (χ2n) is 7.13. The van der Waals surface area contributed by atoms with Gasteiger partial charge in [-0.15, -0.1) is 11.8 Å². The van der Waals surface area contributed by atoms with Crippen molar-refractivity contribution in [2.24, 2.45) is 0 Å². The maximum absolute atomic E-state index is 10.8. The second-order valence-corrected chi connectivity index (χ2v) is 8.35. The van der Waals surface area contributed by atoms with E-state index in [0.29, 0.717) is 5.70 Å². The van der Waals surface area contributed by atoms with Crippen molar-refractivity contribution in [2.45, 2.75) is 29.2 Å². The van der Waals surface area contributed by atoms with Crippen LogP contribution < -0.4 is 0 Å². The Kier molecular flexibility index (Phi) is 7.73. The van der Waals surface area contributed by atoms with Gasteiger partial charge >= 0.3 is 0 Å². The maximum atomic E-state index is 10.8. The fourth-order valence-corrected chi connectivity index (χ4v) is 4.32. The summed E-state index contributed by atoms with van der Waals surface area (Å²) < 4.78 is 0. The molecule has 0 aliphatic carbocycles. The minimum absolute atomic E-state index is 0.0215. The quantitative estimate of drug-likeness (QED) is 0.364. The Morgan fingerprint density at radius 1 is 0.900 bits per heavy atom. The highest BCUT2D eigenvalue weighted by molar-refractivity contribution is 7.99. The van der Waals surface area contributed by atoms with Gasteiger partial charge in [0.05, 0.1) is 17.4 Å². The van der Waals surface area contributed by atoms with E-state index in [1.807, 2.05) is 91.7 Å². The Balaban J connectivity index is 1.88. The average molecular weight is 415 g/mol. The van der Waals surface area contributed by atoms with Crippen molar-refractivity contribution in [1.82, 2.24) is 4.90 Å². The Labute approximate surface area is 183 Å². The molecule has 3 aromatic carbocycles. The number of aliphatic hydroxyl groups is 1. The molecule has 1 N–H and O–H groups in total. The van der Waals surface area contributed by atoms with Crippen LogP contribution in [-0.2, 0) is 0 Å². The highest BCUT2D eigenvalue weighted by Gasteiger charge is 2.23. The Morgan fingerprint density at radius 2 is 1.40 bits per heavy atom. The summed E-state index contributed by atoms with van der Waals surface area (Å²) in [6.45, 7) is 1.94. The minimum Gasteiger partial charge on any atom is -0.386 e. The molecule has 4 heteroatoms. The molecule has 3 rings (SSSR count). The van der Waals surface area contributed by atoms with Crippen LogP contribution in [-0.4, -0.2) is 23.1 Å². The molecule has 152 valence electrons. The van der Waals surface area contributed by atoms with E-state index in [-0.39, 0.29) is 11.3 Å². The van der Waals surface area contributed by atoms with Gasteiger partial charge in [0.2, 0.25) is 0 Å². The number of nitrogens with zero attached hydrogens (tertiary/aromatic N) is 2. The van der Waals surface area contributed by atoms with Gasteiger partial charge in [-0.3, -0.25) is 0 Å². The molecule has 30 heavy (non-hydrogen) atoms. The zero-order chi connectivity index (χ0) is 21.3. The summed E-state index contributed by atoms with van der Waals surface area (Å²) in [4.78, 5) is 3.00. The summed E-state index contributed by atoms with van der Waals surface area (Å²) in [5, 5.41) is 20.7. The summed E-state index contributed by atoms with van der Waals surface area (Å²) in [6, 6.07) is 32.0. The van der Waals surface area contributed by atoms with E-state index >= 15 is 0 Å². The minimum atomic E-state index is -0.690. The summed E-state index contributed by atoms with van der Waals surface area (Å²) in [5.74, 6) is 0. The van der Waals surface area contributed by atoms with Crippen molar-refractivity contribution in [3.05, 3.63) is 114 Å². The van der Waals surface area contributed by atoms with Gasteiger partial charge in [-0.25, -0.2) is 0 Å². The molecule has 0 spiro atoms. The first kappa shape index (κ1) is 21.7. The van der Waals surface area contributed by atoms with Gasteiger partial charge in [0.1, 0.15) is 11.8 Å². The molecule has 0 bridgehead atoms. The summed E-state index contributed by atoms with van der Waals surface area (Å²) in [5.41, 5.74) is 2.51. The van der Waals surface area contributed by atoms with E-state index in [1.165, 1.54) is 0 Å². The fraction of sp³-hybridized carbons (Fsp3) is 0.192. The summed E-state index contributed by atoms with van der Waals surface area (Å²) in [6.07, 6.45) is 1.30. The molecule has 3 aromatic rings. The maximum Gasteiger partial charge on any atom is 0.117 e. The zero-order valence-electron chi connectivity index (χ0n) is 17.2. The largest absolute Gasteiger partial charge is 0.386 e. The Bertz CT molecular complexity index is 984. The molecule has 0 unspecified atom stereocenters. The average Bonchev–Trinajstić information content (AvgIpc) is 2.82. The molecule has 0 saturated heterocycles. The number of likely N-dealkylation sites (N-methyl/N-ethyl adjacent to an activating group) is 1. The third kappa shape index (κ3) is 5.54. The first-order valence-corrected chi connectivity index (χ1v) is 10.8. The van der Waals surface area contributed by atoms with Crippen LogP contribution in [0.25, 0.3) is 0 Å². The molecule has 0 aliphatic heterocycles. The number of allylic oxidation sites excluding steroid dienone is 1. The van der Waals surface area contributed by atoms with E-state index in [0.717, 1.165) is 16.0 Å². The number of nitriles is 1. The van der Waals surface area contributed by atoms with E-state index in [9.17, 15) is 10.4 Å². The van der Waals surface area contributed by atoms with Crippen molar-refractivity contribution in [2.75, 3.05) is 7.05 Å². The van der Waals surface area contributed by atoms with Gasteiger partial charge in [-0.05, 0) is 36.3 Å². The second kappa shape index (κ2) is 10.7. The topological polar surface area (TPSA) is 47.3 Å². The first-order chi connectivity index (χ1) is 14.6. The van der Waals surface area contributed by atoms with Crippen LogP contribution >= 0.6 is 11.8 Å². The predicted octanol–water partition coefficient (Wildman–Crippen LogP) is 5.98. The van der Waals surface area contributed by atoms with Gasteiger partial charge in [0, 0.05) is 11.9 Å².